The van der Waals surface area contributed by atoms with E-state index >= 15 is 0 Å². The van der Waals surface area contributed by atoms with Crippen LogP contribution in [0.4, 0.5) is 11.4 Å². The summed E-state index contributed by atoms with van der Waals surface area (Å²) in [5.41, 5.74) is 4.43. The number of carbonyl (C=O) groups is 2. The third-order valence-corrected chi connectivity index (χ3v) is 8.83. The predicted octanol–water partition coefficient (Wildman–Crippen LogP) is 5.04. The van der Waals surface area contributed by atoms with Crippen molar-refractivity contribution < 1.29 is 22.7 Å². The van der Waals surface area contributed by atoms with Crippen molar-refractivity contribution in [3.63, 3.8) is 0 Å². The molecule has 0 saturated heterocycles. The standard InChI is InChI=1S/C32H31N3O5S/c1-23-8-16-29(17-9-23)41(38,39)34(21-24-6-4-3-5-7-24)22-31(36)33-27-13-10-25-18-19-35(30(25)20-27)32(37)26-11-14-28(40-2)15-12-26/h3-17,20H,18-19,21-22H2,1-2H3,(H,33,36). The number of nitrogens with zero attached hydrogens (tertiary/aromatic N) is 2. The van der Waals surface area contributed by atoms with Crippen molar-refractivity contribution in [3.8, 4) is 5.75 Å². The lowest BCUT2D eigenvalue weighted by Crippen LogP contribution is -2.37. The van der Waals surface area contributed by atoms with Gasteiger partial charge in [-0.3, -0.25) is 9.59 Å². The highest BCUT2D eigenvalue weighted by Gasteiger charge is 2.28. The molecule has 0 aliphatic carbocycles. The van der Waals surface area contributed by atoms with Crippen LogP contribution < -0.4 is 15.0 Å². The monoisotopic (exact) mass is 569 g/mol. The van der Waals surface area contributed by atoms with Crippen LogP contribution in [0.5, 0.6) is 5.75 Å². The van der Waals surface area contributed by atoms with Crippen LogP contribution in [-0.2, 0) is 27.8 Å². The Kier molecular flexibility index (Phi) is 8.19. The van der Waals surface area contributed by atoms with Crippen molar-refractivity contribution in [3.05, 3.63) is 119 Å². The van der Waals surface area contributed by atoms with E-state index < -0.39 is 15.9 Å². The number of hydrogen-bond acceptors (Lipinski definition) is 5. The van der Waals surface area contributed by atoms with Crippen LogP contribution in [0.2, 0.25) is 0 Å². The summed E-state index contributed by atoms with van der Waals surface area (Å²) in [4.78, 5) is 28.3. The van der Waals surface area contributed by atoms with Crippen LogP contribution in [-0.4, -0.2) is 44.7 Å². The molecule has 1 heterocycles. The van der Waals surface area contributed by atoms with E-state index in [9.17, 15) is 18.0 Å². The first-order chi connectivity index (χ1) is 19.7. The summed E-state index contributed by atoms with van der Waals surface area (Å²) in [5, 5.41) is 2.84. The lowest BCUT2D eigenvalue weighted by atomic mass is 10.1. The second-order valence-corrected chi connectivity index (χ2v) is 11.8. The number of amides is 2. The molecule has 8 nitrogen and oxygen atoms in total. The Balaban J connectivity index is 1.35. The molecule has 0 saturated carbocycles. The van der Waals surface area contributed by atoms with Gasteiger partial charge in [-0.1, -0.05) is 54.1 Å². The second-order valence-electron chi connectivity index (χ2n) is 9.90. The zero-order chi connectivity index (χ0) is 29.0. The fraction of sp³-hybridized carbons (Fsp3) is 0.188. The molecule has 0 spiro atoms. The Hall–Kier alpha value is -4.47. The Morgan fingerprint density at radius 3 is 2.32 bits per heavy atom. The van der Waals surface area contributed by atoms with E-state index in [1.165, 1.54) is 4.31 Å². The molecular formula is C32H31N3O5S. The highest BCUT2D eigenvalue weighted by molar-refractivity contribution is 7.89. The van der Waals surface area contributed by atoms with E-state index in [2.05, 4.69) is 5.32 Å². The molecule has 0 bridgehead atoms. The van der Waals surface area contributed by atoms with E-state index in [1.54, 1.807) is 72.7 Å². The van der Waals surface area contributed by atoms with Gasteiger partial charge in [0.2, 0.25) is 15.9 Å². The van der Waals surface area contributed by atoms with Crippen LogP contribution in [0.25, 0.3) is 0 Å². The van der Waals surface area contributed by atoms with Gasteiger partial charge in [0, 0.05) is 30.0 Å². The van der Waals surface area contributed by atoms with Gasteiger partial charge in [-0.15, -0.1) is 0 Å². The number of fused-ring (bicyclic) bond motifs is 1. The van der Waals surface area contributed by atoms with Gasteiger partial charge in [0.25, 0.3) is 5.91 Å². The predicted molar refractivity (Wildman–Crippen MR) is 159 cm³/mol. The minimum Gasteiger partial charge on any atom is -0.497 e. The van der Waals surface area contributed by atoms with Crippen molar-refractivity contribution in [2.24, 2.45) is 0 Å². The van der Waals surface area contributed by atoms with Gasteiger partial charge in [-0.05, 0) is 73.0 Å². The lowest BCUT2D eigenvalue weighted by molar-refractivity contribution is -0.116. The number of ether oxygens (including phenoxy) is 1. The zero-order valence-electron chi connectivity index (χ0n) is 22.9. The molecule has 2 amide bonds. The fourth-order valence-corrected chi connectivity index (χ4v) is 6.17. The largest absolute Gasteiger partial charge is 0.497 e. The number of rotatable bonds is 9. The molecule has 210 valence electrons. The number of nitrogens with one attached hydrogen (secondary N) is 1. The maximum absolute atomic E-state index is 13.6. The van der Waals surface area contributed by atoms with Crippen molar-refractivity contribution in [2.45, 2.75) is 24.8 Å². The number of benzene rings is 4. The summed E-state index contributed by atoms with van der Waals surface area (Å²) >= 11 is 0. The minimum atomic E-state index is -3.96. The number of anilines is 2. The summed E-state index contributed by atoms with van der Waals surface area (Å²) in [5.74, 6) is 0.0368. The van der Waals surface area contributed by atoms with Crippen LogP contribution in [0.3, 0.4) is 0 Å². The molecule has 9 heteroatoms. The highest BCUT2D eigenvalue weighted by Crippen LogP contribution is 2.32. The van der Waals surface area contributed by atoms with Gasteiger partial charge >= 0.3 is 0 Å². The SMILES string of the molecule is COc1ccc(C(=O)N2CCc3ccc(NC(=O)CN(Cc4ccccc4)S(=O)(=O)c4ccc(C)cc4)cc32)cc1. The van der Waals surface area contributed by atoms with E-state index in [0.29, 0.717) is 30.0 Å². The molecule has 1 aliphatic heterocycles. The molecule has 1 N–H and O–H groups in total. The fourth-order valence-electron chi connectivity index (χ4n) is 4.79. The number of carbonyl (C=O) groups excluding carboxylic acids is 2. The Labute approximate surface area is 240 Å². The van der Waals surface area contributed by atoms with Crippen LogP contribution >= 0.6 is 0 Å². The lowest BCUT2D eigenvalue weighted by Gasteiger charge is -2.22. The zero-order valence-corrected chi connectivity index (χ0v) is 23.7. The van der Waals surface area contributed by atoms with Crippen molar-refractivity contribution in [1.29, 1.82) is 0 Å². The second kappa shape index (κ2) is 12.0. The van der Waals surface area contributed by atoms with Gasteiger partial charge in [0.1, 0.15) is 5.75 Å². The molecule has 0 fully saturated rings. The topological polar surface area (TPSA) is 96.0 Å². The molecule has 5 rings (SSSR count). The molecule has 0 unspecified atom stereocenters. The van der Waals surface area contributed by atoms with E-state index in [-0.39, 0.29) is 23.9 Å². The number of hydrogen-bond donors (Lipinski definition) is 1. The summed E-state index contributed by atoms with van der Waals surface area (Å²) in [6.07, 6.45) is 0.700. The minimum absolute atomic E-state index is 0.0405. The van der Waals surface area contributed by atoms with E-state index in [1.807, 2.05) is 43.3 Å². The molecular weight excluding hydrogens is 538 g/mol. The smallest absolute Gasteiger partial charge is 0.258 e. The maximum atomic E-state index is 13.6. The van der Waals surface area contributed by atoms with Crippen LogP contribution in [0.15, 0.2) is 102 Å². The normalized spacial score (nSPS) is 12.7. The first kappa shape index (κ1) is 28.1. The average molecular weight is 570 g/mol. The van der Waals surface area contributed by atoms with Gasteiger partial charge in [0.15, 0.2) is 0 Å². The third-order valence-electron chi connectivity index (χ3n) is 7.03. The molecule has 4 aromatic rings. The van der Waals surface area contributed by atoms with Crippen LogP contribution in [0.1, 0.15) is 27.0 Å². The Morgan fingerprint density at radius 2 is 1.63 bits per heavy atom. The van der Waals surface area contributed by atoms with Crippen LogP contribution in [0, 0.1) is 6.92 Å². The number of aryl methyl sites for hydroxylation is 1. The molecule has 0 aromatic heterocycles. The van der Waals surface area contributed by atoms with Gasteiger partial charge in [-0.25, -0.2) is 8.42 Å². The van der Waals surface area contributed by atoms with Gasteiger partial charge in [0.05, 0.1) is 18.6 Å². The summed E-state index contributed by atoms with van der Waals surface area (Å²) in [6, 6.07) is 28.1. The highest BCUT2D eigenvalue weighted by atomic mass is 32.2. The summed E-state index contributed by atoms with van der Waals surface area (Å²) in [6.45, 7) is 2.07. The maximum Gasteiger partial charge on any atom is 0.258 e. The Morgan fingerprint density at radius 1 is 0.927 bits per heavy atom. The molecule has 1 aliphatic rings. The Bertz CT molecular complexity index is 1650. The van der Waals surface area contributed by atoms with Crippen molar-refractivity contribution >= 4 is 33.2 Å². The van der Waals surface area contributed by atoms with Gasteiger partial charge < -0.3 is 15.0 Å². The quantitative estimate of drug-likeness (QED) is 0.305. The van der Waals surface area contributed by atoms with E-state index in [4.69, 9.17) is 4.74 Å². The first-order valence-corrected chi connectivity index (χ1v) is 14.7. The van der Waals surface area contributed by atoms with Crippen molar-refractivity contribution in [1.82, 2.24) is 4.31 Å². The summed E-state index contributed by atoms with van der Waals surface area (Å²) < 4.78 is 33.5. The average Bonchev–Trinajstić information content (AvgIpc) is 3.40. The summed E-state index contributed by atoms with van der Waals surface area (Å²) in [7, 11) is -2.39. The number of methoxy groups -OCH3 is 1. The van der Waals surface area contributed by atoms with Crippen molar-refractivity contribution in [2.75, 3.05) is 30.4 Å². The molecule has 41 heavy (non-hydrogen) atoms. The third kappa shape index (κ3) is 6.32. The van der Waals surface area contributed by atoms with Gasteiger partial charge in [-0.2, -0.15) is 4.31 Å². The molecule has 4 aromatic carbocycles. The number of sulfonamides is 1. The molecule has 0 radical (unpaired) electrons. The molecule has 0 atom stereocenters. The van der Waals surface area contributed by atoms with E-state index in [0.717, 1.165) is 22.4 Å². The first-order valence-electron chi connectivity index (χ1n) is 13.2.